The largest absolute Gasteiger partial charge is 0.481 e. The smallest absolute Gasteiger partial charge is 0.307 e. The molecule has 4 atom stereocenters. The molecule has 4 heteroatoms. The molecule has 0 aromatic carbocycles. The average Bonchev–Trinajstić information content (AvgIpc) is 2.32. The number of hydrogen-bond donors (Lipinski definition) is 2. The van der Waals surface area contributed by atoms with Crippen LogP contribution in [0, 0.1) is 17.3 Å². The van der Waals surface area contributed by atoms with Gasteiger partial charge in [0.25, 0.3) is 0 Å². The molecule has 0 aromatic rings. The van der Waals surface area contributed by atoms with Crippen molar-refractivity contribution in [3.05, 3.63) is 0 Å². The van der Waals surface area contributed by atoms with Crippen molar-refractivity contribution in [2.75, 3.05) is 13.7 Å². The summed E-state index contributed by atoms with van der Waals surface area (Å²) in [6.45, 7) is 9.28. The number of rotatable bonds is 6. The van der Waals surface area contributed by atoms with E-state index in [1.165, 1.54) is 0 Å². The van der Waals surface area contributed by atoms with E-state index < -0.39 is 5.97 Å². The van der Waals surface area contributed by atoms with Crippen LogP contribution >= 0.6 is 0 Å². The van der Waals surface area contributed by atoms with Crippen molar-refractivity contribution >= 4 is 5.97 Å². The number of carboxylic acids is 1. The Kier molecular flexibility index (Phi) is 5.81. The van der Waals surface area contributed by atoms with Gasteiger partial charge in [0.1, 0.15) is 0 Å². The van der Waals surface area contributed by atoms with Crippen molar-refractivity contribution in [3.63, 3.8) is 0 Å². The van der Waals surface area contributed by atoms with E-state index >= 15 is 0 Å². The molecule has 112 valence electrons. The van der Waals surface area contributed by atoms with Crippen LogP contribution in [0.1, 0.15) is 47.0 Å². The molecule has 0 spiro atoms. The number of hydrogen-bond acceptors (Lipinski definition) is 3. The summed E-state index contributed by atoms with van der Waals surface area (Å²) in [5.74, 6) is -0.523. The Balaban J connectivity index is 2.62. The van der Waals surface area contributed by atoms with Crippen molar-refractivity contribution < 1.29 is 14.6 Å². The summed E-state index contributed by atoms with van der Waals surface area (Å²) in [7, 11) is 1.72. The van der Waals surface area contributed by atoms with Gasteiger partial charge in [-0.3, -0.25) is 4.79 Å². The topological polar surface area (TPSA) is 58.6 Å². The molecule has 0 bridgehead atoms. The summed E-state index contributed by atoms with van der Waals surface area (Å²) >= 11 is 0. The summed E-state index contributed by atoms with van der Waals surface area (Å²) in [5.41, 5.74) is -0.164. The lowest BCUT2D eigenvalue weighted by Crippen LogP contribution is -2.53. The number of nitrogens with one attached hydrogen (secondary N) is 1. The molecule has 1 rings (SSSR count). The van der Waals surface area contributed by atoms with Gasteiger partial charge >= 0.3 is 5.97 Å². The van der Waals surface area contributed by atoms with E-state index in [0.29, 0.717) is 18.0 Å². The average molecular weight is 271 g/mol. The minimum Gasteiger partial charge on any atom is -0.481 e. The Morgan fingerprint density at radius 1 is 1.47 bits per heavy atom. The lowest BCUT2D eigenvalue weighted by molar-refractivity contribution is -0.150. The van der Waals surface area contributed by atoms with Crippen LogP contribution in [0.15, 0.2) is 0 Å². The molecule has 1 saturated carbocycles. The van der Waals surface area contributed by atoms with Crippen LogP contribution in [0.5, 0.6) is 0 Å². The zero-order chi connectivity index (χ0) is 14.6. The fraction of sp³-hybridized carbons (Fsp3) is 0.933. The second-order valence-corrected chi connectivity index (χ2v) is 6.53. The van der Waals surface area contributed by atoms with E-state index in [0.717, 1.165) is 25.9 Å². The Morgan fingerprint density at radius 3 is 2.63 bits per heavy atom. The van der Waals surface area contributed by atoms with Crippen molar-refractivity contribution in [2.45, 2.75) is 59.0 Å². The van der Waals surface area contributed by atoms with Gasteiger partial charge in [0, 0.05) is 25.8 Å². The molecule has 0 radical (unpaired) electrons. The van der Waals surface area contributed by atoms with Gasteiger partial charge in [-0.1, -0.05) is 20.8 Å². The van der Waals surface area contributed by atoms with E-state index in [1.54, 1.807) is 7.11 Å². The summed E-state index contributed by atoms with van der Waals surface area (Å²) in [4.78, 5) is 11.3. The highest BCUT2D eigenvalue weighted by atomic mass is 16.5. The first-order valence-corrected chi connectivity index (χ1v) is 7.28. The van der Waals surface area contributed by atoms with Gasteiger partial charge in [0.15, 0.2) is 0 Å². The standard InChI is InChI=1S/C15H29NO3/c1-10(8-9-19-5)16-13-7-6-12(14(17)18)15(3,4)11(13)2/h10-13,16H,6-9H2,1-5H3,(H,17,18). The van der Waals surface area contributed by atoms with Gasteiger partial charge in [0.2, 0.25) is 0 Å². The maximum absolute atomic E-state index is 11.3. The molecular weight excluding hydrogens is 242 g/mol. The Labute approximate surface area is 116 Å². The second-order valence-electron chi connectivity index (χ2n) is 6.53. The number of carboxylic acid groups (broad SMARTS) is 1. The fourth-order valence-corrected chi connectivity index (χ4v) is 3.22. The normalized spacial score (nSPS) is 31.9. The lowest BCUT2D eigenvalue weighted by atomic mass is 9.61. The van der Waals surface area contributed by atoms with E-state index in [9.17, 15) is 9.90 Å². The Hall–Kier alpha value is -0.610. The molecule has 1 aliphatic carbocycles. The van der Waals surface area contributed by atoms with Crippen molar-refractivity contribution in [3.8, 4) is 0 Å². The number of ether oxygens (including phenoxy) is 1. The molecule has 4 unspecified atom stereocenters. The van der Waals surface area contributed by atoms with Gasteiger partial charge < -0.3 is 15.2 Å². The minimum absolute atomic E-state index is 0.164. The zero-order valence-corrected chi connectivity index (χ0v) is 12.9. The molecule has 0 amide bonds. The van der Waals surface area contributed by atoms with Crippen LogP contribution < -0.4 is 5.32 Å². The van der Waals surface area contributed by atoms with E-state index in [2.05, 4.69) is 33.0 Å². The maximum atomic E-state index is 11.3. The number of carbonyl (C=O) groups is 1. The van der Waals surface area contributed by atoms with E-state index in [1.807, 2.05) is 0 Å². The van der Waals surface area contributed by atoms with Gasteiger partial charge in [0.05, 0.1) is 5.92 Å². The third kappa shape index (κ3) is 3.93. The molecule has 4 nitrogen and oxygen atoms in total. The quantitative estimate of drug-likeness (QED) is 0.779. The van der Waals surface area contributed by atoms with Crippen molar-refractivity contribution in [2.24, 2.45) is 17.3 Å². The molecule has 0 aromatic heterocycles. The number of methoxy groups -OCH3 is 1. The predicted octanol–water partition coefficient (Wildman–Crippen LogP) is 2.53. The predicted molar refractivity (Wildman–Crippen MR) is 76.2 cm³/mol. The van der Waals surface area contributed by atoms with Crippen LogP contribution in [0.4, 0.5) is 0 Å². The first kappa shape index (κ1) is 16.4. The van der Waals surface area contributed by atoms with Gasteiger partial charge in [-0.25, -0.2) is 0 Å². The second kappa shape index (κ2) is 6.71. The van der Waals surface area contributed by atoms with Gasteiger partial charge in [-0.2, -0.15) is 0 Å². The third-order valence-corrected chi connectivity index (χ3v) is 4.99. The van der Waals surface area contributed by atoms with Crippen LogP contribution in [0.25, 0.3) is 0 Å². The summed E-state index contributed by atoms with van der Waals surface area (Å²) in [6, 6.07) is 0.807. The summed E-state index contributed by atoms with van der Waals surface area (Å²) in [6.07, 6.45) is 2.70. The van der Waals surface area contributed by atoms with Crippen molar-refractivity contribution in [1.82, 2.24) is 5.32 Å². The SMILES string of the molecule is COCCC(C)NC1CCC(C(=O)O)C(C)(C)C1C. The molecule has 0 saturated heterocycles. The monoisotopic (exact) mass is 271 g/mol. The molecule has 1 fully saturated rings. The molecule has 0 aliphatic heterocycles. The van der Waals surface area contributed by atoms with Crippen LogP contribution in [-0.2, 0) is 9.53 Å². The highest BCUT2D eigenvalue weighted by Gasteiger charge is 2.46. The molecule has 0 heterocycles. The van der Waals surface area contributed by atoms with Crippen molar-refractivity contribution in [1.29, 1.82) is 0 Å². The molecular formula is C15H29NO3. The molecule has 2 N–H and O–H groups in total. The number of aliphatic carboxylic acids is 1. The van der Waals surface area contributed by atoms with Gasteiger partial charge in [-0.05, 0) is 37.5 Å². The molecule has 1 aliphatic rings. The van der Waals surface area contributed by atoms with Gasteiger partial charge in [-0.15, -0.1) is 0 Å². The third-order valence-electron chi connectivity index (χ3n) is 4.99. The van der Waals surface area contributed by atoms with Crippen LogP contribution in [0.2, 0.25) is 0 Å². The fourth-order valence-electron chi connectivity index (χ4n) is 3.22. The Morgan fingerprint density at radius 2 is 2.11 bits per heavy atom. The maximum Gasteiger partial charge on any atom is 0.307 e. The zero-order valence-electron chi connectivity index (χ0n) is 12.9. The molecule has 19 heavy (non-hydrogen) atoms. The first-order valence-electron chi connectivity index (χ1n) is 7.28. The first-order chi connectivity index (χ1) is 8.80. The summed E-state index contributed by atoms with van der Waals surface area (Å²) < 4.78 is 5.10. The minimum atomic E-state index is -0.650. The summed E-state index contributed by atoms with van der Waals surface area (Å²) in [5, 5.41) is 13.0. The van der Waals surface area contributed by atoms with Crippen LogP contribution in [-0.4, -0.2) is 36.9 Å². The van der Waals surface area contributed by atoms with E-state index in [4.69, 9.17) is 4.74 Å². The van der Waals surface area contributed by atoms with E-state index in [-0.39, 0.29) is 11.3 Å². The van der Waals surface area contributed by atoms with Crippen LogP contribution in [0.3, 0.4) is 0 Å². The highest BCUT2D eigenvalue weighted by Crippen LogP contribution is 2.45. The Bertz CT molecular complexity index is 304. The lowest BCUT2D eigenvalue weighted by Gasteiger charge is -2.47. The highest BCUT2D eigenvalue weighted by molar-refractivity contribution is 5.71.